The summed E-state index contributed by atoms with van der Waals surface area (Å²) in [5.41, 5.74) is 0.150. The third kappa shape index (κ3) is 9.47. The molecule has 16 nitrogen and oxygen atoms in total. The van der Waals surface area contributed by atoms with Gasteiger partial charge < -0.3 is 25.2 Å². The van der Waals surface area contributed by atoms with Crippen LogP contribution >= 0.6 is 11.6 Å². The van der Waals surface area contributed by atoms with Crippen LogP contribution in [-0.2, 0) is 19.4 Å². The van der Waals surface area contributed by atoms with E-state index in [9.17, 15) is 27.6 Å². The van der Waals surface area contributed by atoms with Crippen LogP contribution in [0.5, 0.6) is 5.75 Å². The quantitative estimate of drug-likeness (QED) is 0.124. The number of aryl methyl sites for hydroxylation is 1. The molecule has 4 aliphatic rings. The maximum atomic E-state index is 15.9. The molecule has 3 aromatic carbocycles. The number of amides is 4. The number of sulfone groups is 1. The first-order valence-corrected chi connectivity index (χ1v) is 23.0. The first-order chi connectivity index (χ1) is 34.0. The Balaban J connectivity index is 0.993. The van der Waals surface area contributed by atoms with E-state index >= 15 is 4.39 Å². The van der Waals surface area contributed by atoms with Gasteiger partial charge in [0, 0.05) is 75.0 Å². The maximum Gasteiger partial charge on any atom is 0.265 e. The van der Waals surface area contributed by atoms with Gasteiger partial charge in [0.2, 0.25) is 17.8 Å². The smallest absolute Gasteiger partial charge is 0.265 e. The second kappa shape index (κ2) is 18.6. The van der Waals surface area contributed by atoms with Gasteiger partial charge in [-0.05, 0) is 95.7 Å². The molecule has 3 fully saturated rings. The van der Waals surface area contributed by atoms with Gasteiger partial charge >= 0.3 is 0 Å². The zero-order valence-electron chi connectivity index (χ0n) is 44.2. The van der Waals surface area contributed by atoms with Crippen molar-refractivity contribution in [1.82, 2.24) is 25.1 Å². The second-order valence-electron chi connectivity index (χ2n) is 16.7. The van der Waals surface area contributed by atoms with E-state index in [2.05, 4.69) is 25.5 Å². The van der Waals surface area contributed by atoms with Crippen molar-refractivity contribution in [2.75, 3.05) is 66.1 Å². The van der Waals surface area contributed by atoms with E-state index in [0.717, 1.165) is 17.3 Å². The lowest BCUT2D eigenvalue weighted by Crippen LogP contribution is -2.54. The van der Waals surface area contributed by atoms with Gasteiger partial charge in [0.1, 0.15) is 22.6 Å². The van der Waals surface area contributed by atoms with Gasteiger partial charge in [0.15, 0.2) is 15.7 Å². The van der Waals surface area contributed by atoms with Gasteiger partial charge in [-0.2, -0.15) is 4.98 Å². The predicted molar refractivity (Wildman–Crippen MR) is 246 cm³/mol. The number of piperazine rings is 1. The van der Waals surface area contributed by atoms with Crippen molar-refractivity contribution in [2.24, 2.45) is 5.92 Å². The number of imide groups is 2. The molecular formula is C46H53ClFN9O7S. The van der Waals surface area contributed by atoms with Crippen LogP contribution < -0.4 is 30.5 Å². The topological polar surface area (TPSA) is 186 Å². The molecule has 0 radical (unpaired) electrons. The normalized spacial score (nSPS) is 23.6. The molecule has 65 heavy (non-hydrogen) atoms. The largest absolute Gasteiger partial charge is 0.489 e. The lowest BCUT2D eigenvalue weighted by molar-refractivity contribution is -0.136. The Hall–Kier alpha value is -5.85. The van der Waals surface area contributed by atoms with Crippen molar-refractivity contribution in [2.45, 2.75) is 82.6 Å². The summed E-state index contributed by atoms with van der Waals surface area (Å²) in [6.07, 6.45) is 1.34. The van der Waals surface area contributed by atoms with E-state index in [0.29, 0.717) is 53.2 Å². The molecular weight excluding hydrogens is 877 g/mol. The number of nitrogens with one attached hydrogen (secondary N) is 3. The third-order valence-corrected chi connectivity index (χ3v) is 13.9. The Labute approximate surface area is 394 Å². The molecule has 3 N–H and O–H groups in total. The van der Waals surface area contributed by atoms with Crippen LogP contribution in [0.2, 0.25) is 5.02 Å². The predicted octanol–water partition coefficient (Wildman–Crippen LogP) is 6.47. The number of benzene rings is 3. The van der Waals surface area contributed by atoms with Crippen molar-refractivity contribution in [3.05, 3.63) is 82.3 Å². The van der Waals surface area contributed by atoms with Crippen LogP contribution in [0, 0.1) is 18.7 Å². The Morgan fingerprint density at radius 1 is 0.938 bits per heavy atom. The number of aromatic nitrogens is 2. The van der Waals surface area contributed by atoms with Crippen molar-refractivity contribution in [3.63, 3.8) is 0 Å². The van der Waals surface area contributed by atoms with Gasteiger partial charge in [-0.1, -0.05) is 23.7 Å². The van der Waals surface area contributed by atoms with Crippen LogP contribution in [0.4, 0.5) is 38.9 Å². The molecule has 4 aliphatic heterocycles. The first-order valence-electron chi connectivity index (χ1n) is 25.1. The molecule has 0 spiro atoms. The van der Waals surface area contributed by atoms with Crippen LogP contribution in [0.3, 0.4) is 0 Å². The Morgan fingerprint density at radius 3 is 2.35 bits per heavy atom. The van der Waals surface area contributed by atoms with Crippen LogP contribution in [-0.4, -0.2) is 115 Å². The number of nitrogens with zero attached hydrogens (tertiary/aromatic N) is 6. The van der Waals surface area contributed by atoms with E-state index < -0.39 is 106 Å². The Kier molecular flexibility index (Phi) is 10.4. The van der Waals surface area contributed by atoms with Crippen molar-refractivity contribution in [1.29, 1.82) is 0 Å². The van der Waals surface area contributed by atoms with E-state index in [1.807, 2.05) is 38.2 Å². The zero-order chi connectivity index (χ0) is 53.5. The number of piperidine rings is 2. The van der Waals surface area contributed by atoms with Crippen molar-refractivity contribution in [3.8, 4) is 5.75 Å². The van der Waals surface area contributed by atoms with E-state index in [4.69, 9.17) is 27.3 Å². The maximum absolute atomic E-state index is 15.9. The molecule has 5 heterocycles. The van der Waals surface area contributed by atoms with Crippen molar-refractivity contribution >= 4 is 79.6 Å². The van der Waals surface area contributed by atoms with Gasteiger partial charge in [-0.25, -0.2) is 17.8 Å². The zero-order valence-corrected chi connectivity index (χ0v) is 37.7. The average Bonchev–Trinajstić information content (AvgIpc) is 3.55. The van der Waals surface area contributed by atoms with E-state index in [-0.39, 0.29) is 51.2 Å². The highest BCUT2D eigenvalue weighted by molar-refractivity contribution is 7.92. The number of fused-ring (bicyclic) bond motifs is 1. The van der Waals surface area contributed by atoms with E-state index in [1.165, 1.54) is 12.3 Å². The number of anilines is 6. The lowest BCUT2D eigenvalue weighted by atomic mass is 9.95. The highest BCUT2D eigenvalue weighted by Crippen LogP contribution is 2.39. The van der Waals surface area contributed by atoms with Gasteiger partial charge in [0.25, 0.3) is 11.8 Å². The summed E-state index contributed by atoms with van der Waals surface area (Å²) < 4.78 is 121. The molecule has 3 saturated heterocycles. The van der Waals surface area contributed by atoms with Gasteiger partial charge in [0.05, 0.1) is 50.4 Å². The van der Waals surface area contributed by atoms with Gasteiger partial charge in [-0.15, -0.1) is 0 Å². The number of para-hydroxylation sites is 1. The summed E-state index contributed by atoms with van der Waals surface area (Å²) in [6, 6.07) is 9.95. The fourth-order valence-corrected chi connectivity index (χ4v) is 9.42. The number of rotatable bonds is 13. The molecule has 4 aromatic rings. The third-order valence-electron chi connectivity index (χ3n) is 11.4. The number of carbonyl (C=O) groups excluding carboxylic acids is 4. The lowest BCUT2D eigenvalue weighted by Gasteiger charge is -2.40. The summed E-state index contributed by atoms with van der Waals surface area (Å²) in [5, 5.41) is 7.72. The summed E-state index contributed by atoms with van der Waals surface area (Å²) >= 11 is 6.50. The minimum atomic E-state index is -3.67. The van der Waals surface area contributed by atoms with Crippen LogP contribution in [0.15, 0.2) is 59.6 Å². The monoisotopic (exact) mass is 937 g/mol. The molecule has 1 unspecified atom stereocenters. The number of halogens is 2. The minimum Gasteiger partial charge on any atom is -0.489 e. The number of carbonyl (C=O) groups is 4. The molecule has 344 valence electrons. The highest BCUT2D eigenvalue weighted by Gasteiger charge is 2.46. The van der Waals surface area contributed by atoms with Crippen LogP contribution in [0.25, 0.3) is 0 Å². The fraction of sp³-hybridized carbons (Fsp3) is 0.435. The summed E-state index contributed by atoms with van der Waals surface area (Å²) in [4.78, 5) is 63.5. The molecule has 0 aliphatic carbocycles. The number of ether oxygens (including phenoxy) is 1. The summed E-state index contributed by atoms with van der Waals surface area (Å²) in [7, 11) is -3.67. The number of hydrogen-bond acceptors (Lipinski definition) is 14. The standard InChI is InChI=1S/C46H53ClFN9O7S/c1-26(2)64-38-23-37(28(5)20-35(38)51-46-49-24-32(47)42(53-46)50-34-8-6-7-9-39(34)65(62,63)27(3)4)56-14-12-29(13-15-56)25-54-16-18-55(19-17-54)30-21-31-41(33(48)22-30)45(61)57(44(31)60)36-10-11-40(58)52-43(36)59/h6-9,20-24,26-27,29,36H,10-19,25H2,1-5H3,(H,52,58,59)(H2,49,50,51,53)/i16D2,17D2,18D2,19D2. The second-order valence-corrected chi connectivity index (χ2v) is 19.5. The Bertz CT molecular complexity index is 3010. The molecule has 4 amide bonds. The fourth-order valence-electron chi connectivity index (χ4n) is 8.08. The summed E-state index contributed by atoms with van der Waals surface area (Å²) in [6.45, 7) is -4.35. The average molecular weight is 939 g/mol. The van der Waals surface area contributed by atoms with E-state index in [1.54, 1.807) is 32.0 Å². The summed E-state index contributed by atoms with van der Waals surface area (Å²) in [5.74, 6) is -5.16. The molecule has 8 rings (SSSR count). The molecule has 1 aromatic heterocycles. The minimum absolute atomic E-state index is 0.0823. The first kappa shape index (κ1) is 36.4. The molecule has 19 heteroatoms. The van der Waals surface area contributed by atoms with Crippen LogP contribution in [0.1, 0.15) is 90.6 Å². The molecule has 0 saturated carbocycles. The molecule has 0 bridgehead atoms. The number of hydrogen-bond donors (Lipinski definition) is 3. The van der Waals surface area contributed by atoms with Crippen molar-refractivity contribution < 1.29 is 47.7 Å². The highest BCUT2D eigenvalue weighted by atomic mass is 35.5. The Morgan fingerprint density at radius 2 is 1.66 bits per heavy atom. The molecule has 1 atom stereocenters. The SMILES string of the molecule is [2H]C1([2H])N(CC2CCN(c3cc(OC(C)C)c(Nc4ncc(Cl)c(Nc5ccccc5S(=O)(=O)C(C)C)n4)cc3C)CC2)C([2H])([2H])C([2H])([2H])N(c2cc(F)c3c(c2)C(=O)N(C2CCC(=O)NC2=O)C3=O)C1([2H])[2H]. The van der Waals surface area contributed by atoms with Gasteiger partial charge in [-0.3, -0.25) is 34.3 Å².